The average molecular weight is 355 g/mol. The van der Waals surface area contributed by atoms with Crippen LogP contribution in [0.15, 0.2) is 70.4 Å². The molecule has 1 aliphatic rings. The highest BCUT2D eigenvalue weighted by atomic mass is 32.2. The van der Waals surface area contributed by atoms with Crippen molar-refractivity contribution in [3.8, 4) is 5.69 Å². The number of rotatable bonds is 3. The van der Waals surface area contributed by atoms with Gasteiger partial charge in [-0.25, -0.2) is 13.1 Å². The van der Waals surface area contributed by atoms with Crippen molar-refractivity contribution in [2.75, 3.05) is 6.54 Å². The fraction of sp³-hybridized carbons (Fsp3) is 0.167. The third-order valence-corrected chi connectivity index (χ3v) is 6.27. The highest BCUT2D eigenvalue weighted by molar-refractivity contribution is 7.89. The number of sulfonamides is 1. The molecule has 2 aromatic carbocycles. The zero-order chi connectivity index (χ0) is 17.4. The fourth-order valence-corrected chi connectivity index (χ4v) is 4.51. The van der Waals surface area contributed by atoms with Gasteiger partial charge >= 0.3 is 0 Å². The summed E-state index contributed by atoms with van der Waals surface area (Å²) in [5, 5.41) is 3.11. The first kappa shape index (κ1) is 15.9. The monoisotopic (exact) mass is 355 g/mol. The summed E-state index contributed by atoms with van der Waals surface area (Å²) in [5.74, 6) is 0. The summed E-state index contributed by atoms with van der Waals surface area (Å²) in [5.41, 5.74) is 1.84. The molecule has 0 atom stereocenters. The minimum atomic E-state index is -3.61. The summed E-state index contributed by atoms with van der Waals surface area (Å²) in [6.45, 7) is 0.431. The Balaban J connectivity index is 1.71. The lowest BCUT2D eigenvalue weighted by Crippen LogP contribution is -2.37. The second-order valence-corrected chi connectivity index (χ2v) is 7.88. The molecule has 1 aliphatic heterocycles. The summed E-state index contributed by atoms with van der Waals surface area (Å²) in [4.78, 5) is 13.0. The maximum absolute atomic E-state index is 12.8. The van der Waals surface area contributed by atoms with E-state index in [2.05, 4.69) is 5.10 Å². The molecule has 0 fully saturated rings. The molecule has 7 heteroatoms. The number of benzene rings is 2. The van der Waals surface area contributed by atoms with Crippen LogP contribution in [0.2, 0.25) is 0 Å². The Morgan fingerprint density at radius 1 is 0.920 bits per heavy atom. The van der Waals surface area contributed by atoms with Crippen LogP contribution >= 0.6 is 0 Å². The van der Waals surface area contributed by atoms with Gasteiger partial charge in [-0.3, -0.25) is 9.89 Å². The van der Waals surface area contributed by atoms with Crippen LogP contribution < -0.4 is 5.56 Å². The first-order valence-electron chi connectivity index (χ1n) is 8.01. The normalized spacial score (nSPS) is 15.0. The van der Waals surface area contributed by atoms with E-state index in [-0.39, 0.29) is 17.0 Å². The van der Waals surface area contributed by atoms with Crippen LogP contribution in [-0.4, -0.2) is 29.0 Å². The number of nitrogens with one attached hydrogen (secondary N) is 1. The number of hydrogen-bond acceptors (Lipinski definition) is 3. The molecule has 2 heterocycles. The molecule has 1 aromatic heterocycles. The SMILES string of the molecule is O=c1c2c([nH]n1-c1ccccc1)CCN(S(=O)(=O)c1ccccc1)C2. The first-order chi connectivity index (χ1) is 12.1. The Kier molecular flexibility index (Phi) is 3.82. The van der Waals surface area contributed by atoms with Crippen LogP contribution in [0.1, 0.15) is 11.3 Å². The Labute approximate surface area is 145 Å². The van der Waals surface area contributed by atoms with E-state index in [0.29, 0.717) is 18.5 Å². The smallest absolute Gasteiger partial charge is 0.276 e. The van der Waals surface area contributed by atoms with Gasteiger partial charge < -0.3 is 0 Å². The maximum atomic E-state index is 12.8. The van der Waals surface area contributed by atoms with Gasteiger partial charge in [0.15, 0.2) is 0 Å². The molecule has 128 valence electrons. The molecule has 0 unspecified atom stereocenters. The number of aromatic amines is 1. The molecule has 3 aromatic rings. The van der Waals surface area contributed by atoms with E-state index in [1.54, 1.807) is 30.3 Å². The number of fused-ring (bicyclic) bond motifs is 1. The van der Waals surface area contributed by atoms with Crippen LogP contribution in [0.25, 0.3) is 5.69 Å². The van der Waals surface area contributed by atoms with Gasteiger partial charge in [-0.2, -0.15) is 4.31 Å². The van der Waals surface area contributed by atoms with Gasteiger partial charge in [-0.1, -0.05) is 36.4 Å². The second-order valence-electron chi connectivity index (χ2n) is 5.95. The van der Waals surface area contributed by atoms with Gasteiger partial charge in [-0.05, 0) is 24.3 Å². The summed E-state index contributed by atoms with van der Waals surface area (Å²) in [6, 6.07) is 17.6. The molecule has 25 heavy (non-hydrogen) atoms. The van der Waals surface area contributed by atoms with Crippen LogP contribution in [0.5, 0.6) is 0 Å². The summed E-state index contributed by atoms with van der Waals surface area (Å²) in [7, 11) is -3.61. The fourth-order valence-electron chi connectivity index (χ4n) is 3.08. The van der Waals surface area contributed by atoms with Crippen molar-refractivity contribution < 1.29 is 8.42 Å². The molecular formula is C18H17N3O3S. The van der Waals surface area contributed by atoms with Crippen molar-refractivity contribution >= 4 is 10.0 Å². The highest BCUT2D eigenvalue weighted by Crippen LogP contribution is 2.23. The van der Waals surface area contributed by atoms with Gasteiger partial charge in [0.05, 0.1) is 16.1 Å². The number of para-hydroxylation sites is 1. The van der Waals surface area contributed by atoms with E-state index in [4.69, 9.17) is 0 Å². The van der Waals surface area contributed by atoms with Crippen LogP contribution in [0.3, 0.4) is 0 Å². The number of aromatic nitrogens is 2. The van der Waals surface area contributed by atoms with E-state index in [9.17, 15) is 13.2 Å². The van der Waals surface area contributed by atoms with E-state index in [0.717, 1.165) is 11.4 Å². The first-order valence-corrected chi connectivity index (χ1v) is 9.45. The molecule has 0 spiro atoms. The van der Waals surface area contributed by atoms with Crippen molar-refractivity contribution in [3.63, 3.8) is 0 Å². The topological polar surface area (TPSA) is 75.2 Å². The predicted molar refractivity (Wildman–Crippen MR) is 94.1 cm³/mol. The summed E-state index contributed by atoms with van der Waals surface area (Å²) in [6.07, 6.45) is 0.483. The summed E-state index contributed by atoms with van der Waals surface area (Å²) >= 11 is 0. The largest absolute Gasteiger partial charge is 0.295 e. The molecule has 0 aliphatic carbocycles. The van der Waals surface area contributed by atoms with Crippen molar-refractivity contribution in [1.29, 1.82) is 0 Å². The lowest BCUT2D eigenvalue weighted by atomic mass is 10.1. The Bertz CT molecular complexity index is 1050. The maximum Gasteiger partial charge on any atom is 0.276 e. The van der Waals surface area contributed by atoms with Gasteiger partial charge in [0, 0.05) is 25.2 Å². The molecule has 0 saturated heterocycles. The molecule has 0 amide bonds. The standard InChI is InChI=1S/C18H17N3O3S/c22-18-16-13-20(25(23,24)15-9-5-2-6-10-15)12-11-17(16)19-21(18)14-7-3-1-4-8-14/h1-10,19H,11-13H2. The van der Waals surface area contributed by atoms with Gasteiger partial charge in [0.2, 0.25) is 10.0 Å². The Hall–Kier alpha value is -2.64. The lowest BCUT2D eigenvalue weighted by molar-refractivity contribution is 0.389. The van der Waals surface area contributed by atoms with E-state index in [1.165, 1.54) is 8.99 Å². The zero-order valence-electron chi connectivity index (χ0n) is 13.4. The molecule has 0 radical (unpaired) electrons. The number of hydrogen-bond donors (Lipinski definition) is 1. The molecule has 0 bridgehead atoms. The van der Waals surface area contributed by atoms with Crippen molar-refractivity contribution in [3.05, 3.63) is 82.3 Å². The van der Waals surface area contributed by atoms with Crippen molar-refractivity contribution in [2.24, 2.45) is 0 Å². The van der Waals surface area contributed by atoms with Gasteiger partial charge in [0.1, 0.15) is 0 Å². The summed E-state index contributed by atoms with van der Waals surface area (Å²) < 4.78 is 28.4. The lowest BCUT2D eigenvalue weighted by Gasteiger charge is -2.25. The Morgan fingerprint density at radius 3 is 2.24 bits per heavy atom. The zero-order valence-corrected chi connectivity index (χ0v) is 14.2. The van der Waals surface area contributed by atoms with Crippen LogP contribution in [-0.2, 0) is 23.0 Å². The number of H-pyrrole nitrogens is 1. The van der Waals surface area contributed by atoms with Crippen molar-refractivity contribution in [1.82, 2.24) is 14.1 Å². The molecule has 1 N–H and O–H groups in total. The quantitative estimate of drug-likeness (QED) is 0.780. The minimum Gasteiger partial charge on any atom is -0.295 e. The molecule has 0 saturated carbocycles. The molecule has 4 rings (SSSR count). The third-order valence-electron chi connectivity index (χ3n) is 4.41. The highest BCUT2D eigenvalue weighted by Gasteiger charge is 2.31. The van der Waals surface area contributed by atoms with Crippen molar-refractivity contribution in [2.45, 2.75) is 17.9 Å². The van der Waals surface area contributed by atoms with Crippen LogP contribution in [0, 0.1) is 0 Å². The van der Waals surface area contributed by atoms with E-state index >= 15 is 0 Å². The van der Waals surface area contributed by atoms with E-state index in [1.807, 2.05) is 30.3 Å². The van der Waals surface area contributed by atoms with E-state index < -0.39 is 10.0 Å². The number of nitrogens with zero attached hydrogens (tertiary/aromatic N) is 2. The predicted octanol–water partition coefficient (Wildman–Crippen LogP) is 1.91. The minimum absolute atomic E-state index is 0.0850. The van der Waals surface area contributed by atoms with Gasteiger partial charge in [-0.15, -0.1) is 0 Å². The third kappa shape index (κ3) is 2.71. The molecule has 6 nitrogen and oxygen atoms in total. The Morgan fingerprint density at radius 2 is 1.56 bits per heavy atom. The van der Waals surface area contributed by atoms with Gasteiger partial charge in [0.25, 0.3) is 5.56 Å². The van der Waals surface area contributed by atoms with Crippen LogP contribution in [0.4, 0.5) is 0 Å². The second kappa shape index (κ2) is 6.02. The average Bonchev–Trinajstić information content (AvgIpc) is 2.99. The molecular weight excluding hydrogens is 338 g/mol.